The number of hydrogen-bond acceptors (Lipinski definition) is 4. The molecule has 2 aromatic rings. The van der Waals surface area contributed by atoms with E-state index in [0.717, 1.165) is 4.47 Å². The fourth-order valence-corrected chi connectivity index (χ4v) is 1.94. The van der Waals surface area contributed by atoms with E-state index in [9.17, 15) is 0 Å². The van der Waals surface area contributed by atoms with E-state index in [1.54, 1.807) is 18.2 Å². The summed E-state index contributed by atoms with van der Waals surface area (Å²) in [4.78, 5) is 7.61. The zero-order valence-corrected chi connectivity index (χ0v) is 11.4. The highest BCUT2D eigenvalue weighted by atomic mass is 79.9. The fourth-order valence-electron chi connectivity index (χ4n) is 1.10. The number of nitrogens with zero attached hydrogens (tertiary/aromatic N) is 2. The lowest BCUT2D eigenvalue weighted by Crippen LogP contribution is -1.97. The molecule has 0 aliphatic rings. The zero-order chi connectivity index (χ0) is 12.4. The Morgan fingerprint density at radius 2 is 2.00 bits per heavy atom. The van der Waals surface area contributed by atoms with Crippen molar-refractivity contribution in [3.8, 4) is 11.6 Å². The Hall–Kier alpha value is -1.04. The first-order chi connectivity index (χ1) is 8.08. The smallest absolute Gasteiger partial charge is 0.247 e. The molecule has 7 heteroatoms. The summed E-state index contributed by atoms with van der Waals surface area (Å²) in [5.74, 6) is 0.616. The molecule has 0 saturated carbocycles. The maximum atomic E-state index is 6.00. The van der Waals surface area contributed by atoms with Crippen LogP contribution in [0.15, 0.2) is 29.0 Å². The average Bonchev–Trinajstić information content (AvgIpc) is 2.28. The van der Waals surface area contributed by atoms with Crippen molar-refractivity contribution in [2.45, 2.75) is 0 Å². The lowest BCUT2D eigenvalue weighted by Gasteiger charge is -2.08. The first-order valence-electron chi connectivity index (χ1n) is 4.47. The minimum absolute atomic E-state index is 0.142. The van der Waals surface area contributed by atoms with Gasteiger partial charge in [0.25, 0.3) is 0 Å². The molecule has 17 heavy (non-hydrogen) atoms. The van der Waals surface area contributed by atoms with Gasteiger partial charge in [0.15, 0.2) is 5.15 Å². The zero-order valence-electron chi connectivity index (χ0n) is 8.32. The van der Waals surface area contributed by atoms with Crippen molar-refractivity contribution in [1.82, 2.24) is 9.97 Å². The maximum absolute atomic E-state index is 6.00. The third-order valence-electron chi connectivity index (χ3n) is 1.90. The van der Waals surface area contributed by atoms with Gasteiger partial charge in [0.05, 0.1) is 5.02 Å². The van der Waals surface area contributed by atoms with Crippen molar-refractivity contribution in [3.05, 3.63) is 39.2 Å². The molecule has 0 radical (unpaired) electrons. The van der Waals surface area contributed by atoms with Gasteiger partial charge in [-0.05, 0) is 18.2 Å². The van der Waals surface area contributed by atoms with Gasteiger partial charge < -0.3 is 10.5 Å². The second-order valence-corrected chi connectivity index (χ2v) is 4.74. The number of aromatic nitrogens is 2. The van der Waals surface area contributed by atoms with E-state index in [2.05, 4.69) is 25.9 Å². The van der Waals surface area contributed by atoms with E-state index >= 15 is 0 Å². The molecular weight excluding hydrogens is 329 g/mol. The van der Waals surface area contributed by atoms with Crippen molar-refractivity contribution in [1.29, 1.82) is 0 Å². The van der Waals surface area contributed by atoms with Crippen molar-refractivity contribution in [2.75, 3.05) is 5.73 Å². The fraction of sp³-hybridized carbons (Fsp3) is 0. The van der Waals surface area contributed by atoms with Crippen LogP contribution in [0, 0.1) is 0 Å². The van der Waals surface area contributed by atoms with Crippen LogP contribution in [0.5, 0.6) is 11.6 Å². The van der Waals surface area contributed by atoms with Crippen LogP contribution in [-0.2, 0) is 0 Å². The van der Waals surface area contributed by atoms with E-state index in [0.29, 0.717) is 10.8 Å². The predicted octanol–water partition coefficient (Wildman–Crippen LogP) is 3.92. The number of rotatable bonds is 2. The number of nitrogen functional groups attached to an aromatic ring is 1. The van der Waals surface area contributed by atoms with Crippen LogP contribution in [-0.4, -0.2) is 9.97 Å². The minimum Gasteiger partial charge on any atom is -0.435 e. The molecule has 0 bridgehead atoms. The highest BCUT2D eigenvalue weighted by Crippen LogP contribution is 2.34. The maximum Gasteiger partial charge on any atom is 0.247 e. The number of halogens is 3. The van der Waals surface area contributed by atoms with Gasteiger partial charge in [-0.2, -0.15) is 4.98 Å². The van der Waals surface area contributed by atoms with Crippen LogP contribution < -0.4 is 10.5 Å². The van der Waals surface area contributed by atoms with Crippen molar-refractivity contribution >= 4 is 44.8 Å². The van der Waals surface area contributed by atoms with Crippen LogP contribution in [0.1, 0.15) is 0 Å². The molecule has 1 heterocycles. The summed E-state index contributed by atoms with van der Waals surface area (Å²) in [6, 6.07) is 5.19. The van der Waals surface area contributed by atoms with Gasteiger partial charge in [-0.1, -0.05) is 39.1 Å². The van der Waals surface area contributed by atoms with E-state index < -0.39 is 0 Å². The first-order valence-corrected chi connectivity index (χ1v) is 6.01. The van der Waals surface area contributed by atoms with E-state index in [-0.39, 0.29) is 16.7 Å². The lowest BCUT2D eigenvalue weighted by molar-refractivity contribution is 0.464. The molecule has 0 aliphatic carbocycles. The van der Waals surface area contributed by atoms with Crippen LogP contribution in [0.25, 0.3) is 0 Å². The number of hydrogen-bond donors (Lipinski definition) is 1. The molecule has 0 aliphatic heterocycles. The average molecular weight is 335 g/mol. The molecule has 0 amide bonds. The van der Waals surface area contributed by atoms with Crippen LogP contribution in [0.3, 0.4) is 0 Å². The summed E-state index contributed by atoms with van der Waals surface area (Å²) in [5.41, 5.74) is 5.85. The lowest BCUT2D eigenvalue weighted by atomic mass is 10.3. The Bertz CT molecular complexity index is 565. The quantitative estimate of drug-likeness (QED) is 0.845. The predicted molar refractivity (Wildman–Crippen MR) is 70.7 cm³/mol. The molecule has 2 N–H and O–H groups in total. The Labute approximate surface area is 116 Å². The minimum atomic E-state index is 0.142. The number of ether oxygens (including phenoxy) is 1. The van der Waals surface area contributed by atoms with Gasteiger partial charge in [0, 0.05) is 4.47 Å². The Kier molecular flexibility index (Phi) is 3.71. The number of nitrogens with two attached hydrogens (primary N) is 1. The Morgan fingerprint density at radius 3 is 2.71 bits per heavy atom. The van der Waals surface area contributed by atoms with Gasteiger partial charge in [-0.3, -0.25) is 0 Å². The van der Waals surface area contributed by atoms with Gasteiger partial charge >= 0.3 is 0 Å². The standard InChI is InChI=1S/C10H6BrCl2N3O/c11-5-1-2-7(6(12)3-5)17-10-8(14)9(13)15-4-16-10/h1-4H,14H2. The second kappa shape index (κ2) is 5.08. The molecule has 0 saturated heterocycles. The van der Waals surface area contributed by atoms with Crippen LogP contribution >= 0.6 is 39.1 Å². The SMILES string of the molecule is Nc1c(Cl)ncnc1Oc1ccc(Br)cc1Cl. The van der Waals surface area contributed by atoms with Gasteiger partial charge in [-0.25, -0.2) is 4.98 Å². The van der Waals surface area contributed by atoms with Crippen molar-refractivity contribution in [3.63, 3.8) is 0 Å². The third kappa shape index (κ3) is 2.80. The number of benzene rings is 1. The molecule has 0 fully saturated rings. The monoisotopic (exact) mass is 333 g/mol. The molecule has 0 spiro atoms. The van der Waals surface area contributed by atoms with Crippen LogP contribution in [0.2, 0.25) is 10.2 Å². The van der Waals surface area contributed by atoms with Gasteiger partial charge in [0.1, 0.15) is 17.8 Å². The topological polar surface area (TPSA) is 61.0 Å². The Balaban J connectivity index is 2.35. The second-order valence-electron chi connectivity index (χ2n) is 3.06. The molecule has 2 rings (SSSR count). The molecule has 0 atom stereocenters. The molecule has 0 unspecified atom stereocenters. The van der Waals surface area contributed by atoms with Crippen molar-refractivity contribution < 1.29 is 4.74 Å². The van der Waals surface area contributed by atoms with Crippen molar-refractivity contribution in [2.24, 2.45) is 0 Å². The highest BCUT2D eigenvalue weighted by molar-refractivity contribution is 9.10. The summed E-state index contributed by atoms with van der Waals surface area (Å²) in [7, 11) is 0. The first kappa shape index (κ1) is 12.4. The summed E-state index contributed by atoms with van der Waals surface area (Å²) in [6.07, 6.45) is 1.26. The summed E-state index contributed by atoms with van der Waals surface area (Å²) in [6.45, 7) is 0. The van der Waals surface area contributed by atoms with Gasteiger partial charge in [-0.15, -0.1) is 0 Å². The van der Waals surface area contributed by atoms with Gasteiger partial charge in [0.2, 0.25) is 5.88 Å². The van der Waals surface area contributed by atoms with E-state index in [1.165, 1.54) is 6.33 Å². The summed E-state index contributed by atoms with van der Waals surface area (Å²) in [5, 5.41) is 0.580. The molecule has 1 aromatic heterocycles. The molecule has 88 valence electrons. The largest absolute Gasteiger partial charge is 0.435 e. The summed E-state index contributed by atoms with van der Waals surface area (Å²) < 4.78 is 6.31. The summed E-state index contributed by atoms with van der Waals surface area (Å²) >= 11 is 15.0. The Morgan fingerprint density at radius 1 is 1.24 bits per heavy atom. The highest BCUT2D eigenvalue weighted by Gasteiger charge is 2.10. The normalized spacial score (nSPS) is 10.3. The third-order valence-corrected chi connectivity index (χ3v) is 2.99. The van der Waals surface area contributed by atoms with E-state index in [4.69, 9.17) is 33.7 Å². The van der Waals surface area contributed by atoms with Crippen LogP contribution in [0.4, 0.5) is 5.69 Å². The van der Waals surface area contributed by atoms with E-state index in [1.807, 2.05) is 0 Å². The molecular formula is C10H6BrCl2N3O. The molecule has 1 aromatic carbocycles. The number of anilines is 1. The molecule has 4 nitrogen and oxygen atoms in total.